The Bertz CT molecular complexity index is 219. The van der Waals surface area contributed by atoms with E-state index in [-0.39, 0.29) is 6.61 Å². The molecule has 1 aliphatic rings. The van der Waals surface area contributed by atoms with Crippen LogP contribution < -0.4 is 0 Å². The summed E-state index contributed by atoms with van der Waals surface area (Å²) in [5, 5.41) is 10.2. The zero-order valence-corrected chi connectivity index (χ0v) is 7.97. The Labute approximate surface area is 77.5 Å². The van der Waals surface area contributed by atoms with Crippen molar-refractivity contribution in [1.29, 1.82) is 0 Å². The average Bonchev–Trinajstić information content (AvgIpc) is 2.34. The molecule has 66 valence electrons. The van der Waals surface area contributed by atoms with Crippen LogP contribution in [0.2, 0.25) is 0 Å². The third-order valence-electron chi connectivity index (χ3n) is 1.84. The quantitative estimate of drug-likeness (QED) is 0.669. The van der Waals surface area contributed by atoms with E-state index in [1.807, 2.05) is 0 Å². The number of aliphatic hydroxyl groups is 1. The summed E-state index contributed by atoms with van der Waals surface area (Å²) in [5.41, 5.74) is 0. The van der Waals surface area contributed by atoms with Crippen LogP contribution in [0.5, 0.6) is 0 Å². The van der Waals surface area contributed by atoms with Gasteiger partial charge in [0.1, 0.15) is 0 Å². The van der Waals surface area contributed by atoms with Gasteiger partial charge >= 0.3 is 0 Å². The summed E-state index contributed by atoms with van der Waals surface area (Å²) in [5.74, 6) is 2.58. The second-order valence-corrected chi connectivity index (χ2v) is 4.13. The fourth-order valence-electron chi connectivity index (χ4n) is 1.22. The van der Waals surface area contributed by atoms with Crippen molar-refractivity contribution in [3.63, 3.8) is 0 Å². The van der Waals surface area contributed by atoms with Gasteiger partial charge in [0.25, 0.3) is 0 Å². The number of thioether (sulfide) groups is 1. The number of aliphatic hydroxyl groups excluding tert-OH is 1. The van der Waals surface area contributed by atoms with Gasteiger partial charge in [-0.15, -0.1) is 18.2 Å². The smallest absolute Gasteiger partial charge is 0.0802 e. The van der Waals surface area contributed by atoms with Crippen molar-refractivity contribution in [1.82, 2.24) is 0 Å². The molecule has 2 unspecified atom stereocenters. The van der Waals surface area contributed by atoms with Crippen molar-refractivity contribution in [3.05, 3.63) is 0 Å². The predicted octanol–water partition coefficient (Wildman–Crippen LogP) is 1.29. The molecule has 1 aliphatic heterocycles. The van der Waals surface area contributed by atoms with E-state index in [1.54, 1.807) is 11.8 Å². The summed E-state index contributed by atoms with van der Waals surface area (Å²) >= 11 is 1.72. The van der Waals surface area contributed by atoms with E-state index in [0.717, 1.165) is 11.5 Å². The van der Waals surface area contributed by atoms with Crippen molar-refractivity contribution in [2.75, 3.05) is 6.61 Å². The van der Waals surface area contributed by atoms with Gasteiger partial charge in [0.2, 0.25) is 0 Å². The molecular weight excluding hydrogens is 170 g/mol. The number of hydrogen-bond acceptors (Lipinski definition) is 3. The van der Waals surface area contributed by atoms with E-state index < -0.39 is 0 Å². The Morgan fingerprint density at radius 1 is 1.75 bits per heavy atom. The second-order valence-electron chi connectivity index (χ2n) is 2.81. The topological polar surface area (TPSA) is 32.6 Å². The third-order valence-corrected chi connectivity index (χ3v) is 3.29. The first-order valence-electron chi connectivity index (χ1n) is 4.05. The summed E-state index contributed by atoms with van der Waals surface area (Å²) in [7, 11) is 0. The van der Waals surface area contributed by atoms with E-state index in [0.29, 0.717) is 17.7 Å². The Morgan fingerprint density at radius 2 is 2.50 bits per heavy atom. The number of hydrogen-bond donors (Lipinski definition) is 1. The van der Waals surface area contributed by atoms with Crippen LogP contribution in [-0.2, 0) is 0 Å². The van der Waals surface area contributed by atoms with Gasteiger partial charge in [-0.3, -0.25) is 4.99 Å². The third kappa shape index (κ3) is 2.26. The Morgan fingerprint density at radius 3 is 3.08 bits per heavy atom. The summed E-state index contributed by atoms with van der Waals surface area (Å²) in [6.07, 6.45) is 6.62. The first kappa shape index (κ1) is 9.63. The summed E-state index contributed by atoms with van der Waals surface area (Å²) in [4.78, 5) is 4.40. The molecule has 0 aliphatic carbocycles. The molecule has 12 heavy (non-hydrogen) atoms. The molecule has 1 heterocycles. The molecule has 0 amide bonds. The van der Waals surface area contributed by atoms with Gasteiger partial charge in [-0.25, -0.2) is 0 Å². The lowest BCUT2D eigenvalue weighted by molar-refractivity contribution is 0.284. The average molecular weight is 183 g/mol. The molecule has 0 aromatic rings. The van der Waals surface area contributed by atoms with Gasteiger partial charge < -0.3 is 5.11 Å². The van der Waals surface area contributed by atoms with Crippen LogP contribution in [0.3, 0.4) is 0 Å². The molecule has 0 bridgehead atoms. The van der Waals surface area contributed by atoms with Crippen molar-refractivity contribution < 1.29 is 5.11 Å². The molecule has 1 N–H and O–H groups in total. The van der Waals surface area contributed by atoms with Crippen molar-refractivity contribution >= 4 is 16.8 Å². The van der Waals surface area contributed by atoms with Crippen molar-refractivity contribution in [2.24, 2.45) is 4.99 Å². The molecule has 0 aromatic heterocycles. The van der Waals surface area contributed by atoms with Crippen LogP contribution in [0.4, 0.5) is 0 Å². The minimum atomic E-state index is 0.237. The van der Waals surface area contributed by atoms with E-state index in [1.165, 1.54) is 0 Å². The van der Waals surface area contributed by atoms with E-state index in [4.69, 9.17) is 11.5 Å². The summed E-state index contributed by atoms with van der Waals surface area (Å²) < 4.78 is 0. The maximum Gasteiger partial charge on any atom is 0.0802 e. The van der Waals surface area contributed by atoms with Gasteiger partial charge in [-0.2, -0.15) is 0 Å². The molecule has 0 aromatic carbocycles. The zero-order chi connectivity index (χ0) is 8.97. The predicted molar refractivity (Wildman–Crippen MR) is 53.4 cm³/mol. The monoisotopic (exact) mass is 183 g/mol. The van der Waals surface area contributed by atoms with Crippen LogP contribution in [0.15, 0.2) is 4.99 Å². The van der Waals surface area contributed by atoms with Crippen LogP contribution in [0.1, 0.15) is 19.8 Å². The molecule has 0 saturated carbocycles. The first-order chi connectivity index (χ1) is 5.77. The Kier molecular flexibility index (Phi) is 3.64. The minimum absolute atomic E-state index is 0.237. The molecule has 0 fully saturated rings. The van der Waals surface area contributed by atoms with Gasteiger partial charge in [0.15, 0.2) is 0 Å². The standard InChI is InChI=1S/C9H13NOS/c1-3-4-9-10-7(2)8(12-9)5-6-11/h1,7-8,11H,4-6H2,2H3. The highest BCUT2D eigenvalue weighted by Gasteiger charge is 2.25. The number of rotatable bonds is 3. The summed E-state index contributed by atoms with van der Waals surface area (Å²) in [6, 6.07) is 0.311. The number of nitrogens with zero attached hydrogens (tertiary/aromatic N) is 1. The fraction of sp³-hybridized carbons (Fsp3) is 0.667. The molecule has 1 rings (SSSR count). The molecular formula is C9H13NOS. The van der Waals surface area contributed by atoms with Crippen molar-refractivity contribution in [3.8, 4) is 12.3 Å². The normalized spacial score (nSPS) is 28.2. The van der Waals surface area contributed by atoms with Crippen LogP contribution in [-0.4, -0.2) is 28.0 Å². The van der Waals surface area contributed by atoms with Crippen LogP contribution >= 0.6 is 11.8 Å². The SMILES string of the molecule is C#CCC1=NC(C)C(CCO)S1. The van der Waals surface area contributed by atoms with Gasteiger partial charge in [-0.1, -0.05) is 5.92 Å². The molecule has 0 saturated heterocycles. The zero-order valence-electron chi connectivity index (χ0n) is 7.16. The molecule has 3 heteroatoms. The lowest BCUT2D eigenvalue weighted by Gasteiger charge is -2.09. The van der Waals surface area contributed by atoms with Crippen LogP contribution in [0, 0.1) is 12.3 Å². The van der Waals surface area contributed by atoms with E-state index >= 15 is 0 Å². The lowest BCUT2D eigenvalue weighted by Crippen LogP contribution is -2.14. The maximum absolute atomic E-state index is 8.76. The lowest BCUT2D eigenvalue weighted by atomic mass is 10.2. The largest absolute Gasteiger partial charge is 0.396 e. The van der Waals surface area contributed by atoms with Crippen molar-refractivity contribution in [2.45, 2.75) is 31.1 Å². The molecule has 0 spiro atoms. The second kappa shape index (κ2) is 4.54. The van der Waals surface area contributed by atoms with Gasteiger partial charge in [0.05, 0.1) is 17.5 Å². The fourth-order valence-corrected chi connectivity index (χ4v) is 2.44. The maximum atomic E-state index is 8.76. The van der Waals surface area contributed by atoms with Crippen LogP contribution in [0.25, 0.3) is 0 Å². The highest BCUT2D eigenvalue weighted by molar-refractivity contribution is 8.14. The number of terminal acetylenes is 1. The first-order valence-corrected chi connectivity index (χ1v) is 4.93. The number of aliphatic imine (C=N–C) groups is 1. The summed E-state index contributed by atoms with van der Waals surface area (Å²) in [6.45, 7) is 2.30. The molecule has 2 atom stereocenters. The molecule has 0 radical (unpaired) electrons. The van der Waals surface area contributed by atoms with Gasteiger partial charge in [-0.05, 0) is 13.3 Å². The Hall–Kier alpha value is -0.460. The van der Waals surface area contributed by atoms with E-state index in [9.17, 15) is 0 Å². The van der Waals surface area contributed by atoms with E-state index in [2.05, 4.69) is 17.8 Å². The molecule has 2 nitrogen and oxygen atoms in total. The van der Waals surface area contributed by atoms with Gasteiger partial charge in [0, 0.05) is 11.9 Å². The Balaban J connectivity index is 2.44. The highest BCUT2D eigenvalue weighted by atomic mass is 32.2. The minimum Gasteiger partial charge on any atom is -0.396 e. The highest BCUT2D eigenvalue weighted by Crippen LogP contribution is 2.30.